The van der Waals surface area contributed by atoms with E-state index in [1.807, 2.05) is 24.3 Å². The van der Waals surface area contributed by atoms with E-state index in [-0.39, 0.29) is 0 Å². The van der Waals surface area contributed by atoms with E-state index in [0.29, 0.717) is 11.8 Å². The van der Waals surface area contributed by atoms with E-state index < -0.39 is 0 Å². The van der Waals surface area contributed by atoms with Crippen LogP contribution in [0.1, 0.15) is 29.8 Å². The number of fused-ring (bicyclic) bond motifs is 1. The molecule has 1 saturated carbocycles. The highest BCUT2D eigenvalue weighted by Gasteiger charge is 2.19. The summed E-state index contributed by atoms with van der Waals surface area (Å²) < 4.78 is 5.79. The van der Waals surface area contributed by atoms with Crippen molar-refractivity contribution in [3.05, 3.63) is 30.0 Å². The van der Waals surface area contributed by atoms with Crippen molar-refractivity contribution >= 4 is 17.2 Å². The molecule has 0 unspecified atom stereocenters. The SMILES string of the molecule is O=Cc1cc2ccc(OC3CCC3)cc2[nH]1. The largest absolute Gasteiger partial charge is 0.490 e. The molecule has 0 radical (unpaired) electrons. The van der Waals surface area contributed by atoms with Gasteiger partial charge in [0.2, 0.25) is 0 Å². The first kappa shape index (κ1) is 9.46. The Bertz CT molecular complexity index is 526. The summed E-state index contributed by atoms with van der Waals surface area (Å²) in [5, 5.41) is 1.04. The molecule has 82 valence electrons. The number of aldehydes is 1. The van der Waals surface area contributed by atoms with Gasteiger partial charge in [0, 0.05) is 17.0 Å². The quantitative estimate of drug-likeness (QED) is 0.800. The Hall–Kier alpha value is -1.77. The third kappa shape index (κ3) is 1.58. The molecule has 1 heterocycles. The second kappa shape index (κ2) is 3.67. The van der Waals surface area contributed by atoms with Gasteiger partial charge in [0.1, 0.15) is 5.75 Å². The molecule has 2 aromatic rings. The van der Waals surface area contributed by atoms with Crippen LogP contribution in [-0.4, -0.2) is 17.4 Å². The minimum Gasteiger partial charge on any atom is -0.490 e. The molecule has 16 heavy (non-hydrogen) atoms. The predicted molar refractivity (Wildman–Crippen MR) is 62.0 cm³/mol. The van der Waals surface area contributed by atoms with Gasteiger partial charge in [-0.15, -0.1) is 0 Å². The number of aromatic amines is 1. The van der Waals surface area contributed by atoms with Gasteiger partial charge in [0.15, 0.2) is 6.29 Å². The van der Waals surface area contributed by atoms with E-state index in [1.165, 1.54) is 6.42 Å². The lowest BCUT2D eigenvalue weighted by molar-refractivity contribution is 0.111. The fourth-order valence-electron chi connectivity index (χ4n) is 1.95. The van der Waals surface area contributed by atoms with Gasteiger partial charge in [-0.2, -0.15) is 0 Å². The Kier molecular flexibility index (Phi) is 2.17. The number of carbonyl (C=O) groups is 1. The van der Waals surface area contributed by atoms with Crippen LogP contribution in [0.15, 0.2) is 24.3 Å². The maximum atomic E-state index is 10.6. The summed E-state index contributed by atoms with van der Waals surface area (Å²) in [5.41, 5.74) is 1.56. The highest BCUT2D eigenvalue weighted by Crippen LogP contribution is 2.27. The molecule has 0 bridgehead atoms. The van der Waals surface area contributed by atoms with Crippen LogP contribution in [0.4, 0.5) is 0 Å². The number of H-pyrrole nitrogens is 1. The van der Waals surface area contributed by atoms with Crippen molar-refractivity contribution in [3.8, 4) is 5.75 Å². The fraction of sp³-hybridized carbons (Fsp3) is 0.308. The summed E-state index contributed by atoms with van der Waals surface area (Å²) in [4.78, 5) is 13.7. The van der Waals surface area contributed by atoms with Crippen molar-refractivity contribution in [2.24, 2.45) is 0 Å². The number of hydrogen-bond donors (Lipinski definition) is 1. The topological polar surface area (TPSA) is 42.1 Å². The summed E-state index contributed by atoms with van der Waals surface area (Å²) in [6.45, 7) is 0. The normalized spacial score (nSPS) is 16.0. The number of hydrogen-bond acceptors (Lipinski definition) is 2. The zero-order valence-corrected chi connectivity index (χ0v) is 8.90. The summed E-state index contributed by atoms with van der Waals surface area (Å²) >= 11 is 0. The third-order valence-corrected chi connectivity index (χ3v) is 3.10. The van der Waals surface area contributed by atoms with Crippen LogP contribution in [0.3, 0.4) is 0 Å². The van der Waals surface area contributed by atoms with Crippen molar-refractivity contribution in [1.29, 1.82) is 0 Å². The minimum atomic E-state index is 0.387. The maximum Gasteiger partial charge on any atom is 0.166 e. The van der Waals surface area contributed by atoms with Crippen LogP contribution in [0.5, 0.6) is 5.75 Å². The first-order valence-corrected chi connectivity index (χ1v) is 5.60. The fourth-order valence-corrected chi connectivity index (χ4v) is 1.95. The van der Waals surface area contributed by atoms with Crippen LogP contribution in [-0.2, 0) is 0 Å². The number of benzene rings is 1. The summed E-state index contributed by atoms with van der Waals surface area (Å²) in [5.74, 6) is 0.886. The molecule has 1 fully saturated rings. The highest BCUT2D eigenvalue weighted by molar-refractivity contribution is 5.88. The monoisotopic (exact) mass is 215 g/mol. The minimum absolute atomic E-state index is 0.387. The molecule has 1 aromatic carbocycles. The molecule has 0 atom stereocenters. The summed E-state index contributed by atoms with van der Waals surface area (Å²) in [7, 11) is 0. The summed E-state index contributed by atoms with van der Waals surface area (Å²) in [6, 6.07) is 7.74. The van der Waals surface area contributed by atoms with Gasteiger partial charge >= 0.3 is 0 Å². The zero-order valence-electron chi connectivity index (χ0n) is 8.90. The van der Waals surface area contributed by atoms with Crippen molar-refractivity contribution in [2.45, 2.75) is 25.4 Å². The first-order chi connectivity index (χ1) is 7.85. The second-order valence-corrected chi connectivity index (χ2v) is 4.26. The number of rotatable bonds is 3. The summed E-state index contributed by atoms with van der Waals surface area (Å²) in [6.07, 6.45) is 4.79. The molecular formula is C13H13NO2. The van der Waals surface area contributed by atoms with Crippen molar-refractivity contribution in [2.75, 3.05) is 0 Å². The van der Waals surface area contributed by atoms with E-state index in [9.17, 15) is 4.79 Å². The van der Waals surface area contributed by atoms with Gasteiger partial charge in [0.05, 0.1) is 11.8 Å². The molecule has 0 spiro atoms. The molecule has 3 heteroatoms. The van der Waals surface area contributed by atoms with Gasteiger partial charge < -0.3 is 9.72 Å². The van der Waals surface area contributed by atoms with Gasteiger partial charge in [-0.3, -0.25) is 4.79 Å². The Morgan fingerprint density at radius 2 is 2.19 bits per heavy atom. The predicted octanol–water partition coefficient (Wildman–Crippen LogP) is 2.91. The zero-order chi connectivity index (χ0) is 11.0. The second-order valence-electron chi connectivity index (χ2n) is 4.26. The number of nitrogens with one attached hydrogen (secondary N) is 1. The average Bonchev–Trinajstić information content (AvgIpc) is 2.65. The lowest BCUT2D eigenvalue weighted by Crippen LogP contribution is -2.24. The molecule has 0 aliphatic heterocycles. The first-order valence-electron chi connectivity index (χ1n) is 5.60. The van der Waals surface area contributed by atoms with E-state index >= 15 is 0 Å². The molecule has 3 rings (SSSR count). The number of carbonyl (C=O) groups excluding carboxylic acids is 1. The molecule has 1 aromatic heterocycles. The Balaban J connectivity index is 1.91. The molecular weight excluding hydrogens is 202 g/mol. The molecule has 0 saturated heterocycles. The van der Waals surface area contributed by atoms with Crippen LogP contribution >= 0.6 is 0 Å². The maximum absolute atomic E-state index is 10.6. The van der Waals surface area contributed by atoms with Gasteiger partial charge in [0.25, 0.3) is 0 Å². The van der Waals surface area contributed by atoms with Crippen molar-refractivity contribution in [3.63, 3.8) is 0 Å². The standard InChI is InChI=1S/C13H13NO2/c15-8-10-6-9-4-5-12(7-13(9)14-10)16-11-2-1-3-11/h4-8,11,14H,1-3H2. The number of ether oxygens (including phenoxy) is 1. The van der Waals surface area contributed by atoms with Crippen molar-refractivity contribution in [1.82, 2.24) is 4.98 Å². The number of aromatic nitrogens is 1. The van der Waals surface area contributed by atoms with Crippen LogP contribution in [0.2, 0.25) is 0 Å². The van der Waals surface area contributed by atoms with Gasteiger partial charge in [-0.1, -0.05) is 0 Å². The van der Waals surface area contributed by atoms with Gasteiger partial charge in [-0.05, 0) is 37.5 Å². The Morgan fingerprint density at radius 1 is 1.31 bits per heavy atom. The van der Waals surface area contributed by atoms with E-state index in [4.69, 9.17) is 4.74 Å². The van der Waals surface area contributed by atoms with Crippen LogP contribution in [0, 0.1) is 0 Å². The average molecular weight is 215 g/mol. The molecule has 1 aliphatic carbocycles. The van der Waals surface area contributed by atoms with Crippen LogP contribution < -0.4 is 4.74 Å². The lowest BCUT2D eigenvalue weighted by atomic mass is 9.96. The van der Waals surface area contributed by atoms with Crippen LogP contribution in [0.25, 0.3) is 10.9 Å². The van der Waals surface area contributed by atoms with Gasteiger partial charge in [-0.25, -0.2) is 0 Å². The molecule has 1 N–H and O–H groups in total. The van der Waals surface area contributed by atoms with E-state index in [1.54, 1.807) is 0 Å². The molecule has 3 nitrogen and oxygen atoms in total. The van der Waals surface area contributed by atoms with E-state index in [0.717, 1.165) is 35.8 Å². The third-order valence-electron chi connectivity index (χ3n) is 3.10. The van der Waals surface area contributed by atoms with E-state index in [2.05, 4.69) is 4.98 Å². The lowest BCUT2D eigenvalue weighted by Gasteiger charge is -2.26. The molecule has 0 amide bonds. The Morgan fingerprint density at radius 3 is 2.88 bits per heavy atom. The van der Waals surface area contributed by atoms with Crippen molar-refractivity contribution < 1.29 is 9.53 Å². The Labute approximate surface area is 93.4 Å². The highest BCUT2D eigenvalue weighted by atomic mass is 16.5. The smallest absolute Gasteiger partial charge is 0.166 e. The molecule has 1 aliphatic rings.